The van der Waals surface area contributed by atoms with Crippen LogP contribution in [-0.2, 0) is 9.31 Å². The lowest BCUT2D eigenvalue weighted by Crippen LogP contribution is -2.41. The minimum Gasteiger partial charge on any atom is -0.399 e. The first-order valence-electron chi connectivity index (χ1n) is 34.8. The average Bonchev–Trinajstić information content (AvgIpc) is 1.59. The molecule has 0 N–H and O–H groups in total. The quantitative estimate of drug-likeness (QED) is 0.0941. The molecule has 0 aliphatic carbocycles. The monoisotopic (exact) mass is 1390 g/mol. The van der Waals surface area contributed by atoms with Crippen molar-refractivity contribution in [2.24, 2.45) is 0 Å². The van der Waals surface area contributed by atoms with Crippen LogP contribution in [0, 0.1) is 0 Å². The first-order valence-corrected chi connectivity index (χ1v) is 35.2. The van der Waals surface area contributed by atoms with Gasteiger partial charge in [-0.25, -0.2) is 49.8 Å². The molecule has 14 nitrogen and oxygen atoms in total. The molecule has 106 heavy (non-hydrogen) atoms. The van der Waals surface area contributed by atoms with Gasteiger partial charge in [-0.15, -0.1) is 0 Å². The maximum Gasteiger partial charge on any atom is 0.494 e. The molecule has 0 bridgehead atoms. The molecule has 16 heteroatoms. The fourth-order valence-corrected chi connectivity index (χ4v) is 12.1. The Morgan fingerprint density at radius 3 is 0.632 bits per heavy atom. The van der Waals surface area contributed by atoms with Gasteiger partial charge in [-0.1, -0.05) is 328 Å². The highest BCUT2D eigenvalue weighted by atomic mass is 35.5. The van der Waals surface area contributed by atoms with Crippen molar-refractivity contribution in [3.05, 3.63) is 345 Å². The number of benzene rings is 12. The largest absolute Gasteiger partial charge is 0.494 e. The van der Waals surface area contributed by atoms with Gasteiger partial charge in [0.05, 0.1) is 11.2 Å². The van der Waals surface area contributed by atoms with E-state index in [1.807, 2.05) is 291 Å². The molecule has 0 saturated carbocycles. The van der Waals surface area contributed by atoms with Crippen molar-refractivity contribution in [3.8, 4) is 148 Å². The van der Waals surface area contributed by atoms with E-state index in [9.17, 15) is 0 Å². The summed E-state index contributed by atoms with van der Waals surface area (Å²) < 4.78 is 12.4. The molecule has 0 radical (unpaired) electrons. The van der Waals surface area contributed by atoms with E-state index in [2.05, 4.69) is 91.2 Å². The maximum absolute atomic E-state index is 6.19. The Morgan fingerprint density at radius 2 is 0.377 bits per heavy atom. The Morgan fingerprint density at radius 1 is 0.198 bits per heavy atom. The Bertz CT molecular complexity index is 5520. The summed E-state index contributed by atoms with van der Waals surface area (Å²) in [5.41, 5.74) is 14.8. The molecule has 16 aromatic rings. The smallest absolute Gasteiger partial charge is 0.399 e. The lowest BCUT2D eigenvalue weighted by Gasteiger charge is -2.32. The Balaban J connectivity index is 0.000000135. The average molecular weight is 1400 g/mol. The minimum absolute atomic E-state index is 0.189. The number of hydrogen-bond donors (Lipinski definition) is 0. The van der Waals surface area contributed by atoms with E-state index >= 15 is 0 Å². The molecule has 0 amide bonds. The second-order valence-corrected chi connectivity index (χ2v) is 26.4. The Kier molecular flexibility index (Phi) is 20.3. The van der Waals surface area contributed by atoms with Crippen molar-refractivity contribution in [1.82, 2.24) is 59.8 Å². The third kappa shape index (κ3) is 16.1. The van der Waals surface area contributed by atoms with Crippen molar-refractivity contribution in [1.29, 1.82) is 0 Å². The van der Waals surface area contributed by atoms with Crippen LogP contribution in [-0.4, -0.2) is 78.1 Å². The number of nitrogens with zero attached hydrogens (tertiary/aromatic N) is 12. The van der Waals surface area contributed by atoms with Crippen molar-refractivity contribution < 1.29 is 9.31 Å². The van der Waals surface area contributed by atoms with Gasteiger partial charge in [0.2, 0.25) is 5.28 Å². The first-order chi connectivity index (χ1) is 51.9. The third-order valence-corrected chi connectivity index (χ3v) is 18.4. The summed E-state index contributed by atoms with van der Waals surface area (Å²) in [6, 6.07) is 113. The van der Waals surface area contributed by atoms with Gasteiger partial charge < -0.3 is 9.31 Å². The zero-order valence-electron chi connectivity index (χ0n) is 58.5. The van der Waals surface area contributed by atoms with Gasteiger partial charge in [0, 0.05) is 61.2 Å². The molecular formula is C90H68BClN12O2. The molecule has 1 aliphatic rings. The van der Waals surface area contributed by atoms with E-state index in [-0.39, 0.29) is 16.5 Å². The number of halogens is 1. The van der Waals surface area contributed by atoms with Gasteiger partial charge in [-0.2, -0.15) is 9.97 Å². The van der Waals surface area contributed by atoms with Crippen molar-refractivity contribution in [3.63, 3.8) is 0 Å². The summed E-state index contributed by atoms with van der Waals surface area (Å²) in [6.45, 7) is 8.23. The number of hydrogen-bond acceptors (Lipinski definition) is 14. The van der Waals surface area contributed by atoms with Crippen LogP contribution < -0.4 is 5.46 Å². The molecule has 1 saturated heterocycles. The van der Waals surface area contributed by atoms with Crippen LogP contribution in [0.15, 0.2) is 340 Å². The van der Waals surface area contributed by atoms with Crippen molar-refractivity contribution >= 4 is 24.2 Å². The summed E-state index contributed by atoms with van der Waals surface area (Å²) in [5.74, 6) is 6.70. The molecule has 12 aromatic carbocycles. The highest BCUT2D eigenvalue weighted by molar-refractivity contribution is 6.62. The Labute approximate surface area is 621 Å². The van der Waals surface area contributed by atoms with E-state index in [0.717, 1.165) is 88.9 Å². The maximum atomic E-state index is 6.19. The standard InChI is InChI=1S/C42H28N6.C27H26BN3O2.C21H14ClN3/c1-5-14-29(15-6-1)35-22-13-23-36(28-35)42-47-39(32-20-11-4-12-21-32)46-41(48-42)34-26-24-33(25-27-34)40-44-37(30-16-7-2-8-17-30)43-38(45-40)31-18-9-3-10-19-31;1-26(2)27(3,4)33-28(32-26)22-17-15-21(16-18-22)25-30-23(19-11-7-5-8-12-19)29-24(31-25)20-13-9-6-10-14-20;22-21-24-19(16-10-5-2-6-11-16)23-20(25-21)18-13-7-12-17(14-18)15-8-3-1-4-9-15/h1-28H;5-18H,1-4H3;1-14H. The molecule has 1 fully saturated rings. The molecule has 1 aliphatic heterocycles. The van der Waals surface area contributed by atoms with Crippen LogP contribution >= 0.6 is 11.6 Å². The molecule has 0 atom stereocenters. The molecule has 5 heterocycles. The van der Waals surface area contributed by atoms with Crippen molar-refractivity contribution in [2.75, 3.05) is 0 Å². The fraction of sp³-hybridized carbons (Fsp3) is 0.0667. The lowest BCUT2D eigenvalue weighted by atomic mass is 9.79. The normalized spacial score (nSPS) is 12.6. The summed E-state index contributed by atoms with van der Waals surface area (Å²) in [7, 11) is -0.401. The van der Waals surface area contributed by atoms with Crippen LogP contribution in [0.25, 0.3) is 148 Å². The topological polar surface area (TPSA) is 173 Å². The fourth-order valence-electron chi connectivity index (χ4n) is 11.9. The minimum atomic E-state index is -0.401. The zero-order chi connectivity index (χ0) is 72.2. The number of rotatable bonds is 14. The van der Waals surface area contributed by atoms with Crippen LogP contribution in [0.1, 0.15) is 27.7 Å². The molecule has 0 spiro atoms. The van der Waals surface area contributed by atoms with E-state index in [1.165, 1.54) is 0 Å². The van der Waals surface area contributed by atoms with E-state index in [1.54, 1.807) is 0 Å². The predicted molar refractivity (Wildman–Crippen MR) is 424 cm³/mol. The molecule has 17 rings (SSSR count). The second-order valence-electron chi connectivity index (χ2n) is 26.0. The second kappa shape index (κ2) is 31.3. The molecular weight excluding hydrogens is 1330 g/mol. The van der Waals surface area contributed by atoms with Crippen LogP contribution in [0.2, 0.25) is 5.28 Å². The van der Waals surface area contributed by atoms with Gasteiger partial charge in [0.1, 0.15) is 0 Å². The van der Waals surface area contributed by atoms with Crippen LogP contribution in [0.4, 0.5) is 0 Å². The number of aromatic nitrogens is 12. The predicted octanol–water partition coefficient (Wildman–Crippen LogP) is 20.4. The van der Waals surface area contributed by atoms with Gasteiger partial charge in [-0.05, 0) is 79.1 Å². The SMILES string of the molecule is CC1(C)OB(c2ccc(-c3nc(-c4ccccc4)nc(-c4ccccc4)n3)cc2)OC1(C)C.Clc1nc(-c2ccccc2)nc(-c2cccc(-c3ccccc3)c2)n1.c1ccc(-c2cccc(-c3nc(-c4ccccc4)nc(-c4ccc(-c5nc(-c6ccccc6)nc(-c6ccccc6)n5)cc4)n3)c2)cc1. The molecule has 0 unspecified atom stereocenters. The lowest BCUT2D eigenvalue weighted by molar-refractivity contribution is 0.00578. The van der Waals surface area contributed by atoms with E-state index in [0.29, 0.717) is 64.1 Å². The van der Waals surface area contributed by atoms with Gasteiger partial charge >= 0.3 is 7.12 Å². The first kappa shape index (κ1) is 68.7. The highest BCUT2D eigenvalue weighted by Crippen LogP contribution is 2.38. The summed E-state index contributed by atoms with van der Waals surface area (Å²) in [5, 5.41) is 0.189. The Hall–Kier alpha value is -13.0. The van der Waals surface area contributed by atoms with Gasteiger partial charge in [0.15, 0.2) is 64.1 Å². The highest BCUT2D eigenvalue weighted by Gasteiger charge is 2.51. The van der Waals surface area contributed by atoms with Gasteiger partial charge in [-0.3, -0.25) is 0 Å². The van der Waals surface area contributed by atoms with E-state index < -0.39 is 7.12 Å². The van der Waals surface area contributed by atoms with Crippen molar-refractivity contribution in [2.45, 2.75) is 38.9 Å². The molecule has 4 aromatic heterocycles. The van der Waals surface area contributed by atoms with Crippen LogP contribution in [0.3, 0.4) is 0 Å². The summed E-state index contributed by atoms with van der Waals surface area (Å²) in [6.07, 6.45) is 0. The van der Waals surface area contributed by atoms with Crippen LogP contribution in [0.5, 0.6) is 0 Å². The summed E-state index contributed by atoms with van der Waals surface area (Å²) in [4.78, 5) is 56.9. The van der Waals surface area contributed by atoms with E-state index in [4.69, 9.17) is 65.8 Å². The third-order valence-electron chi connectivity index (χ3n) is 18.3. The van der Waals surface area contributed by atoms with Gasteiger partial charge in [0.25, 0.3) is 0 Å². The summed E-state index contributed by atoms with van der Waals surface area (Å²) >= 11 is 6.14. The molecule has 510 valence electrons. The zero-order valence-corrected chi connectivity index (χ0v) is 59.2.